The van der Waals surface area contributed by atoms with Gasteiger partial charge < -0.3 is 20.8 Å². The fraction of sp³-hybridized carbons (Fsp3) is 0.364. The zero-order valence-electron chi connectivity index (χ0n) is 9.34. The number of phenols is 2. The lowest BCUT2D eigenvalue weighted by molar-refractivity contribution is 0.0785. The Kier molecular flexibility index (Phi) is 3.73. The highest BCUT2D eigenvalue weighted by molar-refractivity contribution is 5.97. The van der Waals surface area contributed by atoms with E-state index in [-0.39, 0.29) is 29.0 Å². The molecule has 0 spiro atoms. The molecule has 0 saturated carbocycles. The Bertz CT molecular complexity index is 391. The monoisotopic (exact) mass is 224 g/mol. The number of likely N-dealkylation sites (N-methyl/N-ethyl adjacent to an activating group) is 1. The second-order valence-electron chi connectivity index (χ2n) is 3.86. The summed E-state index contributed by atoms with van der Waals surface area (Å²) in [5.74, 6) is -0.583. The van der Waals surface area contributed by atoms with Crippen molar-refractivity contribution in [2.45, 2.75) is 13.0 Å². The topological polar surface area (TPSA) is 86.8 Å². The maximum absolute atomic E-state index is 11.9. The Balaban J connectivity index is 2.91. The summed E-state index contributed by atoms with van der Waals surface area (Å²) in [5, 5.41) is 18.7. The molecule has 0 bridgehead atoms. The first kappa shape index (κ1) is 12.3. The number of hydrogen-bond acceptors (Lipinski definition) is 4. The first-order valence-electron chi connectivity index (χ1n) is 4.95. The standard InChI is InChI=1S/C11H16N2O3/c1-7(12)6-13(2)11(16)9-5-8(14)3-4-10(9)15/h3-5,7,14-15H,6,12H2,1-2H3. The van der Waals surface area contributed by atoms with Gasteiger partial charge in [0.25, 0.3) is 5.91 Å². The lowest BCUT2D eigenvalue weighted by atomic mass is 10.1. The van der Waals surface area contributed by atoms with Crippen molar-refractivity contribution in [3.8, 4) is 11.5 Å². The van der Waals surface area contributed by atoms with Crippen molar-refractivity contribution in [1.29, 1.82) is 0 Å². The summed E-state index contributed by atoms with van der Waals surface area (Å²) in [6.07, 6.45) is 0. The summed E-state index contributed by atoms with van der Waals surface area (Å²) in [7, 11) is 1.59. The number of benzene rings is 1. The third-order valence-electron chi connectivity index (χ3n) is 2.12. The smallest absolute Gasteiger partial charge is 0.257 e. The molecule has 0 radical (unpaired) electrons. The number of phenolic OH excluding ortho intramolecular Hbond substituents is 2. The number of amides is 1. The molecule has 5 heteroatoms. The number of aromatic hydroxyl groups is 2. The van der Waals surface area contributed by atoms with E-state index in [9.17, 15) is 15.0 Å². The van der Waals surface area contributed by atoms with E-state index >= 15 is 0 Å². The Morgan fingerprint density at radius 2 is 2.12 bits per heavy atom. The molecule has 0 aliphatic heterocycles. The van der Waals surface area contributed by atoms with Gasteiger partial charge in [-0.1, -0.05) is 0 Å². The van der Waals surface area contributed by atoms with Crippen LogP contribution in [0.4, 0.5) is 0 Å². The Hall–Kier alpha value is -1.75. The summed E-state index contributed by atoms with van der Waals surface area (Å²) in [4.78, 5) is 13.3. The van der Waals surface area contributed by atoms with Crippen LogP contribution < -0.4 is 5.73 Å². The fourth-order valence-electron chi connectivity index (χ4n) is 1.42. The van der Waals surface area contributed by atoms with Crippen molar-refractivity contribution in [3.05, 3.63) is 23.8 Å². The highest BCUT2D eigenvalue weighted by Crippen LogP contribution is 2.23. The Labute approximate surface area is 94.1 Å². The van der Waals surface area contributed by atoms with Gasteiger partial charge in [0, 0.05) is 19.6 Å². The fourth-order valence-corrected chi connectivity index (χ4v) is 1.42. The number of nitrogens with two attached hydrogens (primary N) is 1. The second kappa shape index (κ2) is 4.85. The van der Waals surface area contributed by atoms with Gasteiger partial charge in [-0.05, 0) is 25.1 Å². The average molecular weight is 224 g/mol. The number of hydrogen-bond donors (Lipinski definition) is 3. The molecule has 1 aromatic carbocycles. The minimum absolute atomic E-state index is 0.0599. The van der Waals surface area contributed by atoms with Crippen molar-refractivity contribution in [3.63, 3.8) is 0 Å². The van der Waals surface area contributed by atoms with Crippen LogP contribution in [-0.2, 0) is 0 Å². The summed E-state index contributed by atoms with van der Waals surface area (Å²) >= 11 is 0. The maximum atomic E-state index is 11.9. The van der Waals surface area contributed by atoms with E-state index in [2.05, 4.69) is 0 Å². The van der Waals surface area contributed by atoms with Gasteiger partial charge >= 0.3 is 0 Å². The van der Waals surface area contributed by atoms with Crippen LogP contribution in [0.1, 0.15) is 17.3 Å². The number of rotatable bonds is 3. The molecule has 0 saturated heterocycles. The average Bonchev–Trinajstić information content (AvgIpc) is 2.19. The molecule has 0 aliphatic rings. The van der Waals surface area contributed by atoms with E-state index in [0.29, 0.717) is 6.54 Å². The van der Waals surface area contributed by atoms with Gasteiger partial charge in [0.15, 0.2) is 0 Å². The Morgan fingerprint density at radius 1 is 1.50 bits per heavy atom. The SMILES string of the molecule is CC(N)CN(C)C(=O)c1cc(O)ccc1O. The van der Waals surface area contributed by atoms with Crippen LogP contribution >= 0.6 is 0 Å². The predicted molar refractivity (Wildman–Crippen MR) is 60.4 cm³/mol. The molecule has 5 nitrogen and oxygen atoms in total. The van der Waals surface area contributed by atoms with Crippen LogP contribution in [0.3, 0.4) is 0 Å². The van der Waals surface area contributed by atoms with Gasteiger partial charge in [-0.2, -0.15) is 0 Å². The van der Waals surface area contributed by atoms with Crippen LogP contribution in [0, 0.1) is 0 Å². The number of nitrogens with zero attached hydrogens (tertiary/aromatic N) is 1. The highest BCUT2D eigenvalue weighted by Gasteiger charge is 2.17. The zero-order valence-corrected chi connectivity index (χ0v) is 9.34. The lowest BCUT2D eigenvalue weighted by Crippen LogP contribution is -2.36. The van der Waals surface area contributed by atoms with E-state index in [1.165, 1.54) is 23.1 Å². The third-order valence-corrected chi connectivity index (χ3v) is 2.12. The largest absolute Gasteiger partial charge is 0.508 e. The van der Waals surface area contributed by atoms with Crippen LogP contribution in [0.2, 0.25) is 0 Å². The van der Waals surface area contributed by atoms with Crippen molar-refractivity contribution < 1.29 is 15.0 Å². The summed E-state index contributed by atoms with van der Waals surface area (Å²) in [5.41, 5.74) is 5.64. The first-order valence-corrected chi connectivity index (χ1v) is 4.95. The molecule has 1 atom stereocenters. The molecule has 1 amide bonds. The van der Waals surface area contributed by atoms with Gasteiger partial charge in [-0.15, -0.1) is 0 Å². The molecule has 0 fully saturated rings. The van der Waals surface area contributed by atoms with Gasteiger partial charge in [-0.3, -0.25) is 4.79 Å². The molecule has 0 aromatic heterocycles. The lowest BCUT2D eigenvalue weighted by Gasteiger charge is -2.19. The normalized spacial score (nSPS) is 12.2. The van der Waals surface area contributed by atoms with Gasteiger partial charge in [0.05, 0.1) is 5.56 Å². The minimum Gasteiger partial charge on any atom is -0.508 e. The quantitative estimate of drug-likeness (QED) is 0.653. The molecule has 1 aromatic rings. The maximum Gasteiger partial charge on any atom is 0.257 e. The van der Waals surface area contributed by atoms with Gasteiger partial charge in [-0.25, -0.2) is 0 Å². The Morgan fingerprint density at radius 3 is 2.69 bits per heavy atom. The second-order valence-corrected chi connectivity index (χ2v) is 3.86. The molecule has 0 aliphatic carbocycles. The molecular weight excluding hydrogens is 208 g/mol. The van der Waals surface area contributed by atoms with E-state index < -0.39 is 0 Å². The first-order chi connectivity index (χ1) is 7.41. The molecule has 88 valence electrons. The van der Waals surface area contributed by atoms with E-state index in [4.69, 9.17) is 5.73 Å². The summed E-state index contributed by atoms with van der Waals surface area (Å²) in [6, 6.07) is 3.68. The third kappa shape index (κ3) is 2.87. The van der Waals surface area contributed by atoms with Gasteiger partial charge in [0.1, 0.15) is 11.5 Å². The summed E-state index contributed by atoms with van der Waals surface area (Å²) < 4.78 is 0. The molecule has 1 unspecified atom stereocenters. The molecule has 4 N–H and O–H groups in total. The molecule has 16 heavy (non-hydrogen) atoms. The number of carbonyl (C=O) groups is 1. The number of carbonyl (C=O) groups excluding carboxylic acids is 1. The van der Waals surface area contributed by atoms with Crippen LogP contribution in [0.15, 0.2) is 18.2 Å². The van der Waals surface area contributed by atoms with E-state index in [0.717, 1.165) is 0 Å². The summed E-state index contributed by atoms with van der Waals surface area (Å²) in [6.45, 7) is 2.17. The van der Waals surface area contributed by atoms with Gasteiger partial charge in [0.2, 0.25) is 0 Å². The van der Waals surface area contributed by atoms with Crippen LogP contribution in [0.25, 0.3) is 0 Å². The molecule has 0 heterocycles. The van der Waals surface area contributed by atoms with Crippen molar-refractivity contribution in [2.24, 2.45) is 5.73 Å². The van der Waals surface area contributed by atoms with Crippen LogP contribution in [0.5, 0.6) is 11.5 Å². The van der Waals surface area contributed by atoms with Crippen molar-refractivity contribution in [1.82, 2.24) is 4.90 Å². The minimum atomic E-state index is -0.370. The van der Waals surface area contributed by atoms with Crippen molar-refractivity contribution in [2.75, 3.05) is 13.6 Å². The molecular formula is C11H16N2O3. The van der Waals surface area contributed by atoms with Crippen molar-refractivity contribution >= 4 is 5.91 Å². The van der Waals surface area contributed by atoms with Crippen LogP contribution in [-0.4, -0.2) is 40.7 Å². The van der Waals surface area contributed by atoms with E-state index in [1.807, 2.05) is 0 Å². The highest BCUT2D eigenvalue weighted by atomic mass is 16.3. The zero-order chi connectivity index (χ0) is 12.3. The molecule has 1 rings (SSSR count). The predicted octanol–water partition coefficient (Wildman–Crippen LogP) is 0.517. The van der Waals surface area contributed by atoms with E-state index in [1.54, 1.807) is 14.0 Å².